The van der Waals surface area contributed by atoms with Crippen molar-refractivity contribution in [1.29, 1.82) is 0 Å². The maximum atomic E-state index is 12.2. The van der Waals surface area contributed by atoms with Gasteiger partial charge in [-0.05, 0) is 19.9 Å². The van der Waals surface area contributed by atoms with E-state index in [1.807, 2.05) is 6.92 Å². The maximum absolute atomic E-state index is 12.2. The molecular formula is C13H15N3O3S. The number of rotatable bonds is 3. The lowest BCUT2D eigenvalue weighted by atomic mass is 10.2. The van der Waals surface area contributed by atoms with Crippen molar-refractivity contribution in [3.8, 4) is 0 Å². The highest BCUT2D eigenvalue weighted by Crippen LogP contribution is 2.28. The number of hydrogen-bond donors (Lipinski definition) is 1. The van der Waals surface area contributed by atoms with Crippen LogP contribution in [-0.2, 0) is 11.8 Å². The van der Waals surface area contributed by atoms with Crippen molar-refractivity contribution in [2.45, 2.75) is 13.8 Å². The van der Waals surface area contributed by atoms with E-state index >= 15 is 0 Å². The smallest absolute Gasteiger partial charge is 0.340 e. The first-order chi connectivity index (χ1) is 9.42. The predicted molar refractivity (Wildman–Crippen MR) is 76.3 cm³/mol. The Hall–Kier alpha value is -2.15. The van der Waals surface area contributed by atoms with Gasteiger partial charge in [0.2, 0.25) is 0 Å². The number of esters is 1. The number of amides is 1. The zero-order valence-corrected chi connectivity index (χ0v) is 12.5. The monoisotopic (exact) mass is 293 g/mol. The molecule has 0 atom stereocenters. The Morgan fingerprint density at radius 1 is 1.35 bits per heavy atom. The van der Waals surface area contributed by atoms with Gasteiger partial charge in [-0.2, -0.15) is 5.10 Å². The predicted octanol–water partition coefficient (Wildman–Crippen LogP) is 2.14. The molecule has 0 aliphatic rings. The number of nitrogens with one attached hydrogen (secondary N) is 1. The van der Waals surface area contributed by atoms with Crippen LogP contribution in [0.3, 0.4) is 0 Å². The van der Waals surface area contributed by atoms with E-state index in [4.69, 9.17) is 4.74 Å². The summed E-state index contributed by atoms with van der Waals surface area (Å²) in [5.41, 5.74) is 1.48. The highest BCUT2D eigenvalue weighted by Gasteiger charge is 2.19. The number of carbonyl (C=O) groups is 2. The third-order valence-electron chi connectivity index (χ3n) is 2.75. The Kier molecular flexibility index (Phi) is 3.89. The van der Waals surface area contributed by atoms with Gasteiger partial charge in [-0.1, -0.05) is 0 Å². The van der Waals surface area contributed by atoms with Gasteiger partial charge >= 0.3 is 5.97 Å². The zero-order chi connectivity index (χ0) is 14.9. The Morgan fingerprint density at radius 3 is 2.60 bits per heavy atom. The summed E-state index contributed by atoms with van der Waals surface area (Å²) >= 11 is 1.33. The van der Waals surface area contributed by atoms with Crippen LogP contribution in [0.15, 0.2) is 12.3 Å². The zero-order valence-electron chi connectivity index (χ0n) is 11.7. The average molecular weight is 293 g/mol. The minimum atomic E-state index is -0.465. The molecule has 0 fully saturated rings. The topological polar surface area (TPSA) is 73.2 Å². The SMILES string of the molecule is COC(=O)c1cc(C)sc1NC(=O)c1cn(C)nc1C. The van der Waals surface area contributed by atoms with Crippen molar-refractivity contribution >= 4 is 28.2 Å². The molecule has 106 valence electrons. The second-order valence-corrected chi connectivity index (χ2v) is 5.60. The number of carbonyl (C=O) groups excluding carboxylic acids is 2. The van der Waals surface area contributed by atoms with E-state index in [0.717, 1.165) is 4.88 Å². The average Bonchev–Trinajstić information content (AvgIpc) is 2.91. The van der Waals surface area contributed by atoms with E-state index in [0.29, 0.717) is 21.8 Å². The normalized spacial score (nSPS) is 10.4. The Labute approximate surface area is 120 Å². The van der Waals surface area contributed by atoms with Gasteiger partial charge in [0.25, 0.3) is 5.91 Å². The minimum absolute atomic E-state index is 0.289. The summed E-state index contributed by atoms with van der Waals surface area (Å²) in [4.78, 5) is 24.8. The van der Waals surface area contributed by atoms with Crippen molar-refractivity contribution < 1.29 is 14.3 Å². The van der Waals surface area contributed by atoms with E-state index in [2.05, 4.69) is 10.4 Å². The van der Waals surface area contributed by atoms with E-state index in [9.17, 15) is 9.59 Å². The summed E-state index contributed by atoms with van der Waals surface area (Å²) in [6.07, 6.45) is 1.64. The van der Waals surface area contributed by atoms with Crippen LogP contribution in [-0.4, -0.2) is 28.8 Å². The fourth-order valence-electron chi connectivity index (χ4n) is 1.86. The van der Waals surface area contributed by atoms with Crippen LogP contribution in [0.4, 0.5) is 5.00 Å². The van der Waals surface area contributed by atoms with Crippen LogP contribution in [0.2, 0.25) is 0 Å². The number of thiophene rings is 1. The fourth-order valence-corrected chi connectivity index (χ4v) is 2.76. The van der Waals surface area contributed by atoms with Gasteiger partial charge in [0.1, 0.15) is 5.00 Å². The van der Waals surface area contributed by atoms with Gasteiger partial charge in [-0.15, -0.1) is 11.3 Å². The van der Waals surface area contributed by atoms with Crippen molar-refractivity contribution in [2.24, 2.45) is 7.05 Å². The third-order valence-corrected chi connectivity index (χ3v) is 3.71. The highest BCUT2D eigenvalue weighted by molar-refractivity contribution is 7.16. The highest BCUT2D eigenvalue weighted by atomic mass is 32.1. The second-order valence-electron chi connectivity index (χ2n) is 4.35. The van der Waals surface area contributed by atoms with Gasteiger partial charge < -0.3 is 10.1 Å². The Bertz CT molecular complexity index is 672. The van der Waals surface area contributed by atoms with Crippen LogP contribution >= 0.6 is 11.3 Å². The quantitative estimate of drug-likeness (QED) is 0.880. The van der Waals surface area contributed by atoms with E-state index < -0.39 is 5.97 Å². The molecule has 0 aromatic carbocycles. The summed E-state index contributed by atoms with van der Waals surface area (Å²) in [6.45, 7) is 3.62. The summed E-state index contributed by atoms with van der Waals surface area (Å²) < 4.78 is 6.28. The van der Waals surface area contributed by atoms with E-state index in [1.165, 1.54) is 18.4 Å². The molecule has 2 aromatic rings. The number of aromatic nitrogens is 2. The molecule has 0 saturated carbocycles. The van der Waals surface area contributed by atoms with Crippen LogP contribution in [0, 0.1) is 13.8 Å². The van der Waals surface area contributed by atoms with Crippen LogP contribution in [0.1, 0.15) is 31.3 Å². The molecule has 20 heavy (non-hydrogen) atoms. The first-order valence-electron chi connectivity index (χ1n) is 5.92. The molecule has 0 bridgehead atoms. The van der Waals surface area contributed by atoms with Crippen molar-refractivity contribution in [2.75, 3.05) is 12.4 Å². The molecule has 2 heterocycles. The molecule has 0 radical (unpaired) electrons. The van der Waals surface area contributed by atoms with Gasteiger partial charge in [-0.3, -0.25) is 9.48 Å². The summed E-state index contributed by atoms with van der Waals surface area (Å²) in [5, 5.41) is 7.35. The van der Waals surface area contributed by atoms with Gasteiger partial charge in [0, 0.05) is 18.1 Å². The molecule has 2 aromatic heterocycles. The lowest BCUT2D eigenvalue weighted by molar-refractivity contribution is 0.0602. The van der Waals surface area contributed by atoms with Gasteiger partial charge in [0.15, 0.2) is 0 Å². The van der Waals surface area contributed by atoms with Crippen molar-refractivity contribution in [3.05, 3.63) is 34.0 Å². The molecule has 0 spiro atoms. The standard InChI is InChI=1S/C13H15N3O3S/c1-7-5-9(13(18)19-4)12(20-7)14-11(17)10-6-16(3)15-8(10)2/h5-6H,1-4H3,(H,14,17). The summed E-state index contributed by atoms with van der Waals surface area (Å²) in [6, 6.07) is 1.70. The number of hydrogen-bond acceptors (Lipinski definition) is 5. The summed E-state index contributed by atoms with van der Waals surface area (Å²) in [7, 11) is 3.06. The maximum Gasteiger partial charge on any atom is 0.340 e. The number of aryl methyl sites for hydroxylation is 3. The van der Waals surface area contributed by atoms with Gasteiger partial charge in [0.05, 0.1) is 23.9 Å². The molecule has 0 unspecified atom stereocenters. The van der Waals surface area contributed by atoms with Crippen molar-refractivity contribution in [1.82, 2.24) is 9.78 Å². The van der Waals surface area contributed by atoms with E-state index in [1.54, 1.807) is 30.9 Å². The fraction of sp³-hybridized carbons (Fsp3) is 0.308. The largest absolute Gasteiger partial charge is 0.465 e. The molecular weight excluding hydrogens is 278 g/mol. The summed E-state index contributed by atoms with van der Waals surface area (Å²) in [5.74, 6) is -0.754. The molecule has 0 aliphatic heterocycles. The van der Waals surface area contributed by atoms with Crippen molar-refractivity contribution in [3.63, 3.8) is 0 Å². The lowest BCUT2D eigenvalue weighted by Crippen LogP contribution is -2.14. The molecule has 1 amide bonds. The van der Waals surface area contributed by atoms with Crippen LogP contribution in [0.25, 0.3) is 0 Å². The number of methoxy groups -OCH3 is 1. The first-order valence-corrected chi connectivity index (χ1v) is 6.74. The number of ether oxygens (including phenoxy) is 1. The third kappa shape index (κ3) is 2.72. The molecule has 0 saturated heterocycles. The Morgan fingerprint density at radius 2 is 2.05 bits per heavy atom. The van der Waals surface area contributed by atoms with Crippen LogP contribution < -0.4 is 5.32 Å². The second kappa shape index (κ2) is 5.46. The molecule has 7 heteroatoms. The number of anilines is 1. The Balaban J connectivity index is 2.28. The molecule has 6 nitrogen and oxygen atoms in total. The molecule has 0 aliphatic carbocycles. The first kappa shape index (κ1) is 14.3. The van der Waals surface area contributed by atoms with E-state index in [-0.39, 0.29) is 5.91 Å². The lowest BCUT2D eigenvalue weighted by Gasteiger charge is -2.04. The number of nitrogens with zero attached hydrogens (tertiary/aromatic N) is 2. The van der Waals surface area contributed by atoms with Crippen LogP contribution in [0.5, 0.6) is 0 Å². The van der Waals surface area contributed by atoms with Gasteiger partial charge in [-0.25, -0.2) is 4.79 Å². The molecule has 2 rings (SSSR count). The molecule has 1 N–H and O–H groups in total. The minimum Gasteiger partial charge on any atom is -0.465 e.